The maximum Gasteiger partial charge on any atom is 0.00822 e. The van der Waals surface area contributed by atoms with Gasteiger partial charge in [0, 0.05) is 12.1 Å². The Morgan fingerprint density at radius 1 is 0.625 bits per heavy atom. The molecule has 94 valence electrons. The molecule has 2 nitrogen and oxygen atoms in total. The van der Waals surface area contributed by atoms with E-state index in [4.69, 9.17) is 0 Å². The fourth-order valence-electron chi connectivity index (χ4n) is 3.14. The summed E-state index contributed by atoms with van der Waals surface area (Å²) >= 11 is 0. The van der Waals surface area contributed by atoms with Gasteiger partial charge in [-0.3, -0.25) is 0 Å². The van der Waals surface area contributed by atoms with E-state index in [1.165, 1.54) is 77.3 Å². The van der Waals surface area contributed by atoms with Crippen LogP contribution in [0.1, 0.15) is 64.2 Å². The van der Waals surface area contributed by atoms with Crippen LogP contribution < -0.4 is 10.6 Å². The Balaban J connectivity index is 1.72. The van der Waals surface area contributed by atoms with Crippen LogP contribution in [-0.4, -0.2) is 25.2 Å². The second-order valence-corrected chi connectivity index (χ2v) is 5.59. The molecule has 2 rings (SSSR count). The minimum atomic E-state index is 0.791. The summed E-state index contributed by atoms with van der Waals surface area (Å²) in [4.78, 5) is 0. The average Bonchev–Trinajstić information content (AvgIpc) is 2.50. The molecule has 2 fully saturated rings. The number of rotatable bonds is 2. The van der Waals surface area contributed by atoms with Gasteiger partial charge in [0.1, 0.15) is 0 Å². The van der Waals surface area contributed by atoms with Gasteiger partial charge in [-0.05, 0) is 45.2 Å². The maximum atomic E-state index is 3.93. The van der Waals surface area contributed by atoms with Crippen molar-refractivity contribution < 1.29 is 0 Å². The lowest BCUT2D eigenvalue weighted by Crippen LogP contribution is -2.39. The van der Waals surface area contributed by atoms with Gasteiger partial charge in [-0.2, -0.15) is 0 Å². The van der Waals surface area contributed by atoms with Crippen LogP contribution in [0.2, 0.25) is 0 Å². The van der Waals surface area contributed by atoms with Gasteiger partial charge in [-0.25, -0.2) is 0 Å². The summed E-state index contributed by atoms with van der Waals surface area (Å²) in [5.41, 5.74) is 0. The van der Waals surface area contributed by atoms with E-state index in [0.717, 1.165) is 12.1 Å². The highest BCUT2D eigenvalue weighted by Crippen LogP contribution is 2.18. The molecule has 0 spiro atoms. The first kappa shape index (κ1) is 12.4. The van der Waals surface area contributed by atoms with E-state index < -0.39 is 0 Å². The predicted octanol–water partition coefficient (Wildman–Crippen LogP) is 2.83. The van der Waals surface area contributed by atoms with Crippen LogP contribution in [0.25, 0.3) is 0 Å². The van der Waals surface area contributed by atoms with Gasteiger partial charge in [0.05, 0.1) is 0 Å². The summed E-state index contributed by atoms with van der Waals surface area (Å²) in [5, 5.41) is 7.42. The van der Waals surface area contributed by atoms with Gasteiger partial charge in [-0.1, -0.05) is 32.1 Å². The molecular weight excluding hydrogens is 196 g/mol. The van der Waals surface area contributed by atoms with Crippen LogP contribution >= 0.6 is 0 Å². The summed E-state index contributed by atoms with van der Waals surface area (Å²) < 4.78 is 0. The Labute approximate surface area is 101 Å². The molecule has 1 aliphatic heterocycles. The molecule has 1 heterocycles. The van der Waals surface area contributed by atoms with Crippen molar-refractivity contribution in [1.29, 1.82) is 0 Å². The third-order valence-corrected chi connectivity index (χ3v) is 4.15. The van der Waals surface area contributed by atoms with Crippen molar-refractivity contribution in [2.45, 2.75) is 76.3 Å². The fourth-order valence-corrected chi connectivity index (χ4v) is 3.14. The molecule has 0 aromatic rings. The van der Waals surface area contributed by atoms with E-state index in [2.05, 4.69) is 10.6 Å². The summed E-state index contributed by atoms with van der Waals surface area (Å²) in [6, 6.07) is 1.61. The first-order valence-electron chi connectivity index (χ1n) is 7.42. The molecule has 1 unspecified atom stereocenters. The standard InChI is InChI=1S/C14H28N2/c1-2-4-7-13(8-5-3-1)16-14-9-6-11-15-12-10-14/h13-16H,1-12H2. The van der Waals surface area contributed by atoms with Gasteiger partial charge in [0.2, 0.25) is 0 Å². The van der Waals surface area contributed by atoms with Crippen LogP contribution in [0.4, 0.5) is 0 Å². The van der Waals surface area contributed by atoms with E-state index in [0.29, 0.717) is 0 Å². The molecular formula is C14H28N2. The molecule has 2 N–H and O–H groups in total. The van der Waals surface area contributed by atoms with E-state index >= 15 is 0 Å². The Morgan fingerprint density at radius 3 is 2.06 bits per heavy atom. The third kappa shape index (κ3) is 4.42. The number of hydrogen-bond acceptors (Lipinski definition) is 2. The molecule has 2 aliphatic rings. The molecule has 1 atom stereocenters. The van der Waals surface area contributed by atoms with Crippen LogP contribution in [-0.2, 0) is 0 Å². The molecule has 1 saturated carbocycles. The maximum absolute atomic E-state index is 3.93. The van der Waals surface area contributed by atoms with E-state index in [9.17, 15) is 0 Å². The predicted molar refractivity (Wildman–Crippen MR) is 69.8 cm³/mol. The summed E-state index contributed by atoms with van der Waals surface area (Å²) in [6.07, 6.45) is 14.2. The zero-order chi connectivity index (χ0) is 11.1. The highest BCUT2D eigenvalue weighted by atomic mass is 15.0. The highest BCUT2D eigenvalue weighted by Gasteiger charge is 2.17. The van der Waals surface area contributed by atoms with Crippen molar-refractivity contribution in [3.63, 3.8) is 0 Å². The lowest BCUT2D eigenvalue weighted by atomic mass is 9.95. The Kier molecular flexibility index (Phi) is 5.64. The van der Waals surface area contributed by atoms with E-state index in [-0.39, 0.29) is 0 Å². The van der Waals surface area contributed by atoms with Crippen molar-refractivity contribution in [2.24, 2.45) is 0 Å². The molecule has 1 aliphatic carbocycles. The zero-order valence-electron chi connectivity index (χ0n) is 10.6. The first-order chi connectivity index (χ1) is 7.95. The van der Waals surface area contributed by atoms with Crippen molar-refractivity contribution in [1.82, 2.24) is 10.6 Å². The van der Waals surface area contributed by atoms with Gasteiger partial charge in [-0.15, -0.1) is 0 Å². The van der Waals surface area contributed by atoms with Crippen molar-refractivity contribution >= 4 is 0 Å². The molecule has 0 aromatic heterocycles. The molecule has 0 bridgehead atoms. The quantitative estimate of drug-likeness (QED) is 0.753. The zero-order valence-corrected chi connectivity index (χ0v) is 10.6. The van der Waals surface area contributed by atoms with Crippen LogP contribution in [0.5, 0.6) is 0 Å². The Hall–Kier alpha value is -0.0800. The fraction of sp³-hybridized carbons (Fsp3) is 1.00. The third-order valence-electron chi connectivity index (χ3n) is 4.15. The minimum Gasteiger partial charge on any atom is -0.317 e. The topological polar surface area (TPSA) is 24.1 Å². The van der Waals surface area contributed by atoms with Gasteiger partial charge < -0.3 is 10.6 Å². The average molecular weight is 224 g/mol. The molecule has 2 heteroatoms. The Morgan fingerprint density at radius 2 is 1.25 bits per heavy atom. The van der Waals surface area contributed by atoms with Crippen LogP contribution in [0.15, 0.2) is 0 Å². The smallest absolute Gasteiger partial charge is 0.00822 e. The van der Waals surface area contributed by atoms with Gasteiger partial charge >= 0.3 is 0 Å². The molecule has 0 amide bonds. The normalized spacial score (nSPS) is 30.4. The molecule has 16 heavy (non-hydrogen) atoms. The SMILES string of the molecule is C1CCCC(NC2CCCNCC2)CCC1. The van der Waals surface area contributed by atoms with E-state index in [1.54, 1.807) is 0 Å². The summed E-state index contributed by atoms with van der Waals surface area (Å²) in [6.45, 7) is 2.44. The monoisotopic (exact) mass is 224 g/mol. The molecule has 0 radical (unpaired) electrons. The van der Waals surface area contributed by atoms with Crippen molar-refractivity contribution in [3.05, 3.63) is 0 Å². The second kappa shape index (κ2) is 7.29. The molecule has 0 aromatic carbocycles. The Bertz CT molecular complexity index is 166. The highest BCUT2D eigenvalue weighted by molar-refractivity contribution is 4.78. The summed E-state index contributed by atoms with van der Waals surface area (Å²) in [5.74, 6) is 0. The van der Waals surface area contributed by atoms with Crippen LogP contribution in [0, 0.1) is 0 Å². The van der Waals surface area contributed by atoms with Crippen LogP contribution in [0.3, 0.4) is 0 Å². The molecule has 1 saturated heterocycles. The number of nitrogens with one attached hydrogen (secondary N) is 2. The van der Waals surface area contributed by atoms with Gasteiger partial charge in [0.15, 0.2) is 0 Å². The lowest BCUT2D eigenvalue weighted by Gasteiger charge is -2.26. The second-order valence-electron chi connectivity index (χ2n) is 5.59. The summed E-state index contributed by atoms with van der Waals surface area (Å²) in [7, 11) is 0. The van der Waals surface area contributed by atoms with Gasteiger partial charge in [0.25, 0.3) is 0 Å². The van der Waals surface area contributed by atoms with Crippen molar-refractivity contribution in [2.75, 3.05) is 13.1 Å². The van der Waals surface area contributed by atoms with Crippen molar-refractivity contribution in [3.8, 4) is 0 Å². The van der Waals surface area contributed by atoms with E-state index in [1.807, 2.05) is 0 Å². The largest absolute Gasteiger partial charge is 0.317 e. The number of hydrogen-bond donors (Lipinski definition) is 2. The first-order valence-corrected chi connectivity index (χ1v) is 7.42. The minimum absolute atomic E-state index is 0.791. The lowest BCUT2D eigenvalue weighted by molar-refractivity contribution is 0.336.